The van der Waals surface area contributed by atoms with Crippen molar-refractivity contribution in [1.82, 2.24) is 9.97 Å². The summed E-state index contributed by atoms with van der Waals surface area (Å²) in [6.07, 6.45) is 2.44. The standard InChI is InChI=1S/C19H18Cl2N4O/c1-26-17-5-3-2-4-16(17)24-18-9-11-23-19(25-18)22-10-8-13-6-7-14(20)12-15(13)21/h2-7,9,11-12H,8,10H2,1H3,(H2,22,23,24,25). The Labute approximate surface area is 162 Å². The minimum Gasteiger partial charge on any atom is -0.495 e. The highest BCUT2D eigenvalue weighted by Crippen LogP contribution is 2.26. The Bertz CT molecular complexity index is 889. The molecule has 0 saturated heterocycles. The number of anilines is 3. The number of nitrogens with one attached hydrogen (secondary N) is 2. The van der Waals surface area contributed by atoms with Gasteiger partial charge in [0.05, 0.1) is 12.8 Å². The second kappa shape index (κ2) is 8.74. The fourth-order valence-corrected chi connectivity index (χ4v) is 2.94. The third-order valence-electron chi connectivity index (χ3n) is 3.72. The molecule has 26 heavy (non-hydrogen) atoms. The van der Waals surface area contributed by atoms with Crippen LogP contribution in [0.2, 0.25) is 10.0 Å². The molecule has 0 saturated carbocycles. The van der Waals surface area contributed by atoms with Gasteiger partial charge in [0.15, 0.2) is 0 Å². The van der Waals surface area contributed by atoms with E-state index in [0.717, 1.165) is 23.4 Å². The highest BCUT2D eigenvalue weighted by Gasteiger charge is 2.05. The van der Waals surface area contributed by atoms with Crippen LogP contribution in [0.5, 0.6) is 5.75 Å². The normalized spacial score (nSPS) is 10.4. The fraction of sp³-hybridized carbons (Fsp3) is 0.158. The molecule has 3 aromatic rings. The van der Waals surface area contributed by atoms with Crippen LogP contribution in [0.1, 0.15) is 5.56 Å². The SMILES string of the molecule is COc1ccccc1Nc1ccnc(NCCc2ccc(Cl)cc2Cl)n1. The number of halogens is 2. The molecule has 3 rings (SSSR count). The zero-order valence-electron chi connectivity index (χ0n) is 14.2. The lowest BCUT2D eigenvalue weighted by atomic mass is 10.1. The molecular formula is C19H18Cl2N4O. The molecule has 0 aliphatic heterocycles. The van der Waals surface area contributed by atoms with Crippen LogP contribution in [0, 0.1) is 0 Å². The summed E-state index contributed by atoms with van der Waals surface area (Å²) >= 11 is 12.1. The number of hydrogen-bond acceptors (Lipinski definition) is 5. The number of hydrogen-bond donors (Lipinski definition) is 2. The number of aromatic nitrogens is 2. The van der Waals surface area contributed by atoms with Crippen molar-refractivity contribution in [3.63, 3.8) is 0 Å². The Morgan fingerprint density at radius 1 is 1.08 bits per heavy atom. The van der Waals surface area contributed by atoms with Crippen molar-refractivity contribution < 1.29 is 4.74 Å². The van der Waals surface area contributed by atoms with E-state index in [-0.39, 0.29) is 0 Å². The van der Waals surface area contributed by atoms with E-state index in [1.807, 2.05) is 36.4 Å². The molecule has 0 aliphatic carbocycles. The van der Waals surface area contributed by atoms with Crippen molar-refractivity contribution in [2.45, 2.75) is 6.42 Å². The van der Waals surface area contributed by atoms with E-state index < -0.39 is 0 Å². The second-order valence-electron chi connectivity index (χ2n) is 5.50. The summed E-state index contributed by atoms with van der Waals surface area (Å²) in [6, 6.07) is 15.0. The zero-order valence-corrected chi connectivity index (χ0v) is 15.7. The average molecular weight is 389 g/mol. The maximum atomic E-state index is 6.19. The molecule has 0 atom stereocenters. The molecule has 0 fully saturated rings. The van der Waals surface area contributed by atoms with Crippen LogP contribution in [0.15, 0.2) is 54.7 Å². The minimum absolute atomic E-state index is 0.537. The molecule has 0 amide bonds. The maximum absolute atomic E-state index is 6.19. The first-order valence-corrected chi connectivity index (χ1v) is 8.82. The Morgan fingerprint density at radius 2 is 1.92 bits per heavy atom. The Hall–Kier alpha value is -2.50. The molecule has 0 unspecified atom stereocenters. The summed E-state index contributed by atoms with van der Waals surface area (Å²) in [7, 11) is 1.63. The summed E-state index contributed by atoms with van der Waals surface area (Å²) in [5.41, 5.74) is 1.86. The van der Waals surface area contributed by atoms with Crippen molar-refractivity contribution in [2.75, 3.05) is 24.3 Å². The van der Waals surface area contributed by atoms with Crippen LogP contribution in [-0.2, 0) is 6.42 Å². The molecule has 0 bridgehead atoms. The highest BCUT2D eigenvalue weighted by molar-refractivity contribution is 6.35. The Balaban J connectivity index is 1.62. The molecule has 2 aromatic carbocycles. The molecule has 0 aliphatic rings. The number of para-hydroxylation sites is 2. The quantitative estimate of drug-likeness (QED) is 0.582. The van der Waals surface area contributed by atoms with Crippen LogP contribution in [-0.4, -0.2) is 23.6 Å². The van der Waals surface area contributed by atoms with Gasteiger partial charge >= 0.3 is 0 Å². The van der Waals surface area contributed by atoms with Crippen molar-refractivity contribution in [1.29, 1.82) is 0 Å². The van der Waals surface area contributed by atoms with Gasteiger partial charge in [-0.2, -0.15) is 4.98 Å². The molecule has 0 radical (unpaired) electrons. The van der Waals surface area contributed by atoms with Crippen LogP contribution in [0.25, 0.3) is 0 Å². The monoisotopic (exact) mass is 388 g/mol. The van der Waals surface area contributed by atoms with E-state index in [1.165, 1.54) is 0 Å². The van der Waals surface area contributed by atoms with Crippen LogP contribution in [0.3, 0.4) is 0 Å². The maximum Gasteiger partial charge on any atom is 0.224 e. The van der Waals surface area contributed by atoms with Crippen molar-refractivity contribution in [3.05, 3.63) is 70.3 Å². The third kappa shape index (κ3) is 4.77. The Kier molecular flexibility index (Phi) is 6.15. The third-order valence-corrected chi connectivity index (χ3v) is 4.30. The number of ether oxygens (including phenoxy) is 1. The van der Waals surface area contributed by atoms with Gasteiger partial charge in [-0.25, -0.2) is 4.98 Å². The number of nitrogens with zero attached hydrogens (tertiary/aromatic N) is 2. The van der Waals surface area contributed by atoms with Gasteiger partial charge < -0.3 is 15.4 Å². The summed E-state index contributed by atoms with van der Waals surface area (Å²) in [5.74, 6) is 1.96. The smallest absolute Gasteiger partial charge is 0.224 e. The largest absolute Gasteiger partial charge is 0.495 e. The van der Waals surface area contributed by atoms with E-state index in [4.69, 9.17) is 27.9 Å². The molecule has 0 spiro atoms. The van der Waals surface area contributed by atoms with Gasteiger partial charge in [-0.3, -0.25) is 0 Å². The number of benzene rings is 2. The van der Waals surface area contributed by atoms with Crippen molar-refractivity contribution in [2.24, 2.45) is 0 Å². The summed E-state index contributed by atoms with van der Waals surface area (Å²) in [5, 5.41) is 7.73. The van der Waals surface area contributed by atoms with Gasteiger partial charge in [0.2, 0.25) is 5.95 Å². The van der Waals surface area contributed by atoms with E-state index >= 15 is 0 Å². The summed E-state index contributed by atoms with van der Waals surface area (Å²) in [6.45, 7) is 0.652. The van der Waals surface area contributed by atoms with Crippen LogP contribution in [0.4, 0.5) is 17.5 Å². The predicted octanol–water partition coefficient (Wildman–Crippen LogP) is 5.19. The van der Waals surface area contributed by atoms with Gasteiger partial charge in [-0.15, -0.1) is 0 Å². The van der Waals surface area contributed by atoms with E-state index in [2.05, 4.69) is 20.6 Å². The molecule has 7 heteroatoms. The first-order valence-electron chi connectivity index (χ1n) is 8.06. The van der Waals surface area contributed by atoms with Gasteiger partial charge in [0.25, 0.3) is 0 Å². The first kappa shape index (κ1) is 18.3. The molecular weight excluding hydrogens is 371 g/mol. The van der Waals surface area contributed by atoms with Crippen LogP contribution >= 0.6 is 23.2 Å². The molecule has 1 aromatic heterocycles. The number of methoxy groups -OCH3 is 1. The molecule has 5 nitrogen and oxygen atoms in total. The molecule has 2 N–H and O–H groups in total. The van der Waals surface area contributed by atoms with Gasteiger partial charge in [0, 0.05) is 22.8 Å². The first-order chi connectivity index (χ1) is 12.7. The fourth-order valence-electron chi connectivity index (χ4n) is 2.43. The topological polar surface area (TPSA) is 59.1 Å². The Morgan fingerprint density at radius 3 is 2.73 bits per heavy atom. The lowest BCUT2D eigenvalue weighted by Gasteiger charge is -2.11. The number of rotatable bonds is 7. The van der Waals surface area contributed by atoms with Crippen molar-refractivity contribution in [3.8, 4) is 5.75 Å². The van der Waals surface area contributed by atoms with E-state index in [9.17, 15) is 0 Å². The minimum atomic E-state index is 0.537. The second-order valence-corrected chi connectivity index (χ2v) is 6.35. The lowest BCUT2D eigenvalue weighted by molar-refractivity contribution is 0.417. The van der Waals surface area contributed by atoms with Gasteiger partial charge in [0.1, 0.15) is 11.6 Å². The highest BCUT2D eigenvalue weighted by atomic mass is 35.5. The summed E-state index contributed by atoms with van der Waals surface area (Å²) < 4.78 is 5.34. The van der Waals surface area contributed by atoms with Crippen molar-refractivity contribution >= 4 is 40.7 Å². The average Bonchev–Trinajstić information content (AvgIpc) is 2.64. The van der Waals surface area contributed by atoms with Crippen LogP contribution < -0.4 is 15.4 Å². The summed E-state index contributed by atoms with van der Waals surface area (Å²) in [4.78, 5) is 8.71. The van der Waals surface area contributed by atoms with Gasteiger partial charge in [-0.05, 0) is 42.3 Å². The lowest BCUT2D eigenvalue weighted by Crippen LogP contribution is -2.09. The van der Waals surface area contributed by atoms with E-state index in [0.29, 0.717) is 28.4 Å². The molecule has 1 heterocycles. The molecule has 134 valence electrons. The predicted molar refractivity (Wildman–Crippen MR) is 107 cm³/mol. The van der Waals surface area contributed by atoms with Gasteiger partial charge in [-0.1, -0.05) is 41.4 Å². The van der Waals surface area contributed by atoms with E-state index in [1.54, 1.807) is 25.4 Å². The zero-order chi connectivity index (χ0) is 18.4.